The molecule has 0 aliphatic rings. The minimum Gasteiger partial charge on any atom is -0.493 e. The van der Waals surface area contributed by atoms with Gasteiger partial charge in [0, 0.05) is 0 Å². The van der Waals surface area contributed by atoms with E-state index >= 15 is 0 Å². The number of anilines is 1. The lowest BCUT2D eigenvalue weighted by Gasteiger charge is -2.17. The van der Waals surface area contributed by atoms with Crippen LogP contribution in [0.3, 0.4) is 0 Å². The van der Waals surface area contributed by atoms with Crippen molar-refractivity contribution in [2.24, 2.45) is 26.8 Å². The SMILES string of the molecule is C=N/C=C(OC)\C(C)=N/c1cc(N(N)/C(C)=N\N)ccc1F. The molecule has 0 saturated heterocycles. The lowest BCUT2D eigenvalue weighted by atomic mass is 10.2. The molecule has 0 fully saturated rings. The molecule has 0 saturated carbocycles. The Morgan fingerprint density at radius 1 is 1.41 bits per heavy atom. The van der Waals surface area contributed by atoms with Crippen molar-refractivity contribution in [3.63, 3.8) is 0 Å². The van der Waals surface area contributed by atoms with Crippen molar-refractivity contribution >= 4 is 29.6 Å². The van der Waals surface area contributed by atoms with Crippen LogP contribution >= 0.6 is 0 Å². The summed E-state index contributed by atoms with van der Waals surface area (Å²) in [5.41, 5.74) is 1.03. The first-order chi connectivity index (χ1) is 10.4. The second-order valence-corrected chi connectivity index (χ2v) is 4.26. The first-order valence-corrected chi connectivity index (χ1v) is 6.29. The quantitative estimate of drug-likeness (QED) is 0.286. The summed E-state index contributed by atoms with van der Waals surface area (Å²) in [6.45, 7) is 6.63. The maximum absolute atomic E-state index is 13.9. The second kappa shape index (κ2) is 7.89. The number of methoxy groups -OCH3 is 1. The van der Waals surface area contributed by atoms with E-state index in [1.54, 1.807) is 13.8 Å². The van der Waals surface area contributed by atoms with Gasteiger partial charge in [-0.2, -0.15) is 5.10 Å². The normalized spacial score (nSPS) is 13.0. The van der Waals surface area contributed by atoms with Gasteiger partial charge in [0.1, 0.15) is 17.3 Å². The molecule has 4 N–H and O–H groups in total. The zero-order valence-electron chi connectivity index (χ0n) is 12.7. The van der Waals surface area contributed by atoms with E-state index in [1.807, 2.05) is 0 Å². The van der Waals surface area contributed by atoms with Crippen LogP contribution < -0.4 is 16.7 Å². The van der Waals surface area contributed by atoms with Crippen LogP contribution in [0.4, 0.5) is 15.8 Å². The molecule has 7 nitrogen and oxygen atoms in total. The Morgan fingerprint density at radius 2 is 2.09 bits per heavy atom. The Morgan fingerprint density at radius 3 is 2.64 bits per heavy atom. The van der Waals surface area contributed by atoms with Crippen LogP contribution in [0, 0.1) is 5.82 Å². The van der Waals surface area contributed by atoms with Gasteiger partial charge in [0.2, 0.25) is 0 Å². The van der Waals surface area contributed by atoms with Gasteiger partial charge < -0.3 is 10.6 Å². The molecule has 0 amide bonds. The molecule has 118 valence electrons. The number of hydrazone groups is 1. The van der Waals surface area contributed by atoms with E-state index in [-0.39, 0.29) is 5.69 Å². The molecule has 1 aromatic rings. The smallest absolute Gasteiger partial charge is 0.158 e. The van der Waals surface area contributed by atoms with E-state index in [2.05, 4.69) is 21.8 Å². The van der Waals surface area contributed by atoms with Gasteiger partial charge in [-0.15, -0.1) is 0 Å². The van der Waals surface area contributed by atoms with Crippen molar-refractivity contribution in [2.45, 2.75) is 13.8 Å². The summed E-state index contributed by atoms with van der Waals surface area (Å²) in [4.78, 5) is 7.79. The van der Waals surface area contributed by atoms with Gasteiger partial charge in [0.15, 0.2) is 5.76 Å². The predicted molar refractivity (Wildman–Crippen MR) is 87.8 cm³/mol. The third kappa shape index (κ3) is 4.13. The van der Waals surface area contributed by atoms with Crippen LogP contribution in [0.5, 0.6) is 0 Å². The van der Waals surface area contributed by atoms with Gasteiger partial charge in [0.25, 0.3) is 0 Å². The average Bonchev–Trinajstić information content (AvgIpc) is 2.52. The number of ether oxygens (including phenoxy) is 1. The average molecular weight is 306 g/mol. The molecular weight excluding hydrogens is 287 g/mol. The zero-order chi connectivity index (χ0) is 16.7. The third-order valence-electron chi connectivity index (χ3n) is 2.82. The highest BCUT2D eigenvalue weighted by atomic mass is 19.1. The molecule has 22 heavy (non-hydrogen) atoms. The number of aliphatic imine (C=N–C) groups is 2. The Kier molecular flexibility index (Phi) is 6.21. The highest BCUT2D eigenvalue weighted by Crippen LogP contribution is 2.25. The van der Waals surface area contributed by atoms with E-state index in [0.29, 0.717) is 23.0 Å². The Balaban J connectivity index is 3.25. The molecule has 1 aromatic carbocycles. The van der Waals surface area contributed by atoms with E-state index in [1.165, 1.54) is 36.5 Å². The van der Waals surface area contributed by atoms with Crippen molar-refractivity contribution in [3.05, 3.63) is 36.0 Å². The summed E-state index contributed by atoms with van der Waals surface area (Å²) >= 11 is 0. The Labute approximate surface area is 128 Å². The monoisotopic (exact) mass is 306 g/mol. The maximum atomic E-state index is 13.9. The molecule has 0 atom stereocenters. The van der Waals surface area contributed by atoms with Crippen molar-refractivity contribution < 1.29 is 9.13 Å². The van der Waals surface area contributed by atoms with Gasteiger partial charge in [-0.05, 0) is 38.8 Å². The first-order valence-electron chi connectivity index (χ1n) is 6.29. The van der Waals surface area contributed by atoms with Crippen molar-refractivity contribution in [2.75, 3.05) is 12.1 Å². The van der Waals surface area contributed by atoms with E-state index < -0.39 is 5.82 Å². The largest absolute Gasteiger partial charge is 0.493 e. The molecule has 0 unspecified atom stereocenters. The molecule has 0 aliphatic carbocycles. The number of allylic oxidation sites excluding steroid dienone is 1. The standard InChI is InChI=1S/C14H19FN6O/c1-9(14(22-4)8-18-3)19-13-7-11(5-6-12(13)15)21(17)10(2)20-16/h5-8H,3,16-17H2,1-2,4H3/b14-8+,19-9-,20-10-. The maximum Gasteiger partial charge on any atom is 0.158 e. The van der Waals surface area contributed by atoms with Crippen LogP contribution in [-0.2, 0) is 4.74 Å². The number of hydrogen-bond acceptors (Lipinski definition) is 6. The fraction of sp³-hybridized carbons (Fsp3) is 0.214. The minimum absolute atomic E-state index is 0.0993. The van der Waals surface area contributed by atoms with Gasteiger partial charge in [-0.25, -0.2) is 15.2 Å². The van der Waals surface area contributed by atoms with Crippen LogP contribution in [-0.4, -0.2) is 25.4 Å². The minimum atomic E-state index is -0.499. The van der Waals surface area contributed by atoms with E-state index in [4.69, 9.17) is 16.4 Å². The molecule has 1 rings (SSSR count). The first kappa shape index (κ1) is 17.3. The molecule has 0 aromatic heterocycles. The summed E-state index contributed by atoms with van der Waals surface area (Å²) in [6, 6.07) is 4.23. The number of nitrogens with two attached hydrogens (primary N) is 2. The lowest BCUT2D eigenvalue weighted by molar-refractivity contribution is 0.313. The second-order valence-electron chi connectivity index (χ2n) is 4.26. The van der Waals surface area contributed by atoms with Crippen molar-refractivity contribution in [1.82, 2.24) is 0 Å². The zero-order valence-corrected chi connectivity index (χ0v) is 12.7. The highest BCUT2D eigenvalue weighted by Gasteiger charge is 2.10. The van der Waals surface area contributed by atoms with Crippen molar-refractivity contribution in [3.8, 4) is 0 Å². The highest BCUT2D eigenvalue weighted by molar-refractivity contribution is 5.99. The summed E-state index contributed by atoms with van der Waals surface area (Å²) in [5, 5.41) is 4.71. The number of halogens is 1. The summed E-state index contributed by atoms with van der Waals surface area (Å²) in [5.74, 6) is 11.2. The summed E-state index contributed by atoms with van der Waals surface area (Å²) < 4.78 is 19.0. The fourth-order valence-electron chi connectivity index (χ4n) is 1.60. The molecule has 0 heterocycles. The topological polar surface area (TPSA) is 102 Å². The van der Waals surface area contributed by atoms with Gasteiger partial charge in [-0.3, -0.25) is 10.0 Å². The molecule has 0 aliphatic heterocycles. The molecule has 0 spiro atoms. The van der Waals surface area contributed by atoms with Crippen molar-refractivity contribution in [1.29, 1.82) is 0 Å². The number of benzene rings is 1. The third-order valence-corrected chi connectivity index (χ3v) is 2.82. The Bertz CT molecular complexity index is 638. The fourth-order valence-corrected chi connectivity index (χ4v) is 1.60. The van der Waals surface area contributed by atoms with Gasteiger partial charge >= 0.3 is 0 Å². The Hall–Kier alpha value is -2.74. The molecule has 0 radical (unpaired) electrons. The van der Waals surface area contributed by atoms with Gasteiger partial charge in [-0.1, -0.05) is 0 Å². The van der Waals surface area contributed by atoms with Crippen LogP contribution in [0.15, 0.2) is 45.2 Å². The summed E-state index contributed by atoms with van der Waals surface area (Å²) in [7, 11) is 1.46. The number of rotatable bonds is 5. The molecule has 8 heteroatoms. The number of nitrogens with zero attached hydrogens (tertiary/aromatic N) is 4. The number of hydrogen-bond donors (Lipinski definition) is 2. The number of hydrazine groups is 1. The molecule has 0 bridgehead atoms. The molecular formula is C14H19FN6O. The van der Waals surface area contributed by atoms with Crippen LogP contribution in [0.25, 0.3) is 0 Å². The van der Waals surface area contributed by atoms with E-state index in [9.17, 15) is 4.39 Å². The van der Waals surface area contributed by atoms with Crippen LogP contribution in [0.2, 0.25) is 0 Å². The summed E-state index contributed by atoms with van der Waals surface area (Å²) in [6.07, 6.45) is 1.39. The lowest BCUT2D eigenvalue weighted by Crippen LogP contribution is -2.36. The van der Waals surface area contributed by atoms with Gasteiger partial charge in [0.05, 0.1) is 24.7 Å². The van der Waals surface area contributed by atoms with E-state index in [0.717, 1.165) is 0 Å². The number of amidine groups is 1. The van der Waals surface area contributed by atoms with Crippen LogP contribution in [0.1, 0.15) is 13.8 Å². The predicted octanol–water partition coefficient (Wildman–Crippen LogP) is 2.08.